The molecule has 0 radical (unpaired) electrons. The number of likely N-dealkylation sites (N-methyl/N-ethyl adjacent to an activating group) is 1. The second kappa shape index (κ2) is 9.88. The van der Waals surface area contributed by atoms with Gasteiger partial charge in [-0.15, -0.1) is 0 Å². The van der Waals surface area contributed by atoms with Gasteiger partial charge in [-0.2, -0.15) is 8.78 Å². The van der Waals surface area contributed by atoms with Gasteiger partial charge in [-0.3, -0.25) is 0 Å². The van der Waals surface area contributed by atoms with Crippen LogP contribution in [0.1, 0.15) is 20.8 Å². The third-order valence-electron chi connectivity index (χ3n) is 4.23. The van der Waals surface area contributed by atoms with Gasteiger partial charge in [-0.05, 0) is 40.0 Å². The smallest absolute Gasteiger partial charge is 0.407 e. The fourth-order valence-corrected chi connectivity index (χ4v) is 2.95. The third-order valence-corrected chi connectivity index (χ3v) is 4.23. The lowest BCUT2D eigenvalue weighted by molar-refractivity contribution is -0.0495. The van der Waals surface area contributed by atoms with E-state index in [2.05, 4.69) is 15.4 Å². The summed E-state index contributed by atoms with van der Waals surface area (Å²) in [4.78, 5) is 28.2. The van der Waals surface area contributed by atoms with E-state index < -0.39 is 41.9 Å². The zero-order valence-electron chi connectivity index (χ0n) is 17.4. The molecule has 30 heavy (non-hydrogen) atoms. The molecular formula is C19H27F3N4O4. The van der Waals surface area contributed by atoms with Crippen LogP contribution in [-0.4, -0.2) is 73.4 Å². The summed E-state index contributed by atoms with van der Waals surface area (Å²) in [6.07, 6.45) is -0.609. The van der Waals surface area contributed by atoms with Crippen LogP contribution in [0.15, 0.2) is 18.2 Å². The molecule has 1 unspecified atom stereocenters. The Morgan fingerprint density at radius 3 is 2.60 bits per heavy atom. The van der Waals surface area contributed by atoms with E-state index in [1.165, 1.54) is 4.90 Å². The number of carbonyl (C=O) groups is 2. The average Bonchev–Trinajstić information content (AvgIpc) is 2.60. The van der Waals surface area contributed by atoms with E-state index in [1.807, 2.05) is 11.9 Å². The minimum atomic E-state index is -3.17. The van der Waals surface area contributed by atoms with Crippen molar-refractivity contribution >= 4 is 17.8 Å². The zero-order valence-corrected chi connectivity index (χ0v) is 17.4. The van der Waals surface area contributed by atoms with Gasteiger partial charge in [-0.25, -0.2) is 14.0 Å². The van der Waals surface area contributed by atoms with Crippen LogP contribution >= 0.6 is 0 Å². The Morgan fingerprint density at radius 1 is 1.27 bits per heavy atom. The van der Waals surface area contributed by atoms with Crippen molar-refractivity contribution in [1.82, 2.24) is 15.1 Å². The first-order valence-corrected chi connectivity index (χ1v) is 9.42. The van der Waals surface area contributed by atoms with Gasteiger partial charge >= 0.3 is 18.7 Å². The molecule has 1 saturated heterocycles. The van der Waals surface area contributed by atoms with Crippen molar-refractivity contribution in [1.29, 1.82) is 0 Å². The van der Waals surface area contributed by atoms with Crippen molar-refractivity contribution in [2.24, 2.45) is 0 Å². The number of benzene rings is 1. The summed E-state index contributed by atoms with van der Waals surface area (Å²) in [5, 5.41) is 5.12. The molecule has 2 rings (SSSR count). The lowest BCUT2D eigenvalue weighted by Gasteiger charge is -2.40. The number of hydrogen-bond acceptors (Lipinski definition) is 5. The van der Waals surface area contributed by atoms with Crippen LogP contribution in [0.25, 0.3) is 0 Å². The van der Waals surface area contributed by atoms with Gasteiger partial charge < -0.3 is 29.9 Å². The first-order valence-electron chi connectivity index (χ1n) is 9.42. The number of halogens is 3. The number of anilines is 1. The number of piperazine rings is 1. The molecule has 0 aromatic heterocycles. The highest BCUT2D eigenvalue weighted by Gasteiger charge is 2.30. The maximum absolute atomic E-state index is 13.4. The number of alkyl carbamates (subject to hydrolysis) is 1. The summed E-state index contributed by atoms with van der Waals surface area (Å²) in [7, 11) is 1.88. The van der Waals surface area contributed by atoms with Crippen molar-refractivity contribution in [3.05, 3.63) is 24.0 Å². The Balaban J connectivity index is 2.08. The molecule has 1 heterocycles. The minimum absolute atomic E-state index is 0.0838. The SMILES string of the molecule is CN1CCN(C(=O)Nc2ccc(F)cc2OC(F)F)C(CNC(=O)OC(C)(C)C)C1. The van der Waals surface area contributed by atoms with Crippen LogP contribution < -0.4 is 15.4 Å². The topological polar surface area (TPSA) is 83.1 Å². The van der Waals surface area contributed by atoms with Crippen molar-refractivity contribution in [2.45, 2.75) is 39.0 Å². The van der Waals surface area contributed by atoms with Gasteiger partial charge in [0.25, 0.3) is 0 Å². The third kappa shape index (κ3) is 7.29. The summed E-state index contributed by atoms with van der Waals surface area (Å²) in [6, 6.07) is 1.97. The predicted molar refractivity (Wildman–Crippen MR) is 104 cm³/mol. The molecule has 1 aliphatic rings. The summed E-state index contributed by atoms with van der Waals surface area (Å²) >= 11 is 0. The minimum Gasteiger partial charge on any atom is -0.444 e. The molecular weight excluding hydrogens is 405 g/mol. The fraction of sp³-hybridized carbons (Fsp3) is 0.579. The maximum atomic E-state index is 13.4. The Morgan fingerprint density at radius 2 is 1.97 bits per heavy atom. The molecule has 3 amide bonds. The molecule has 1 atom stereocenters. The van der Waals surface area contributed by atoms with Crippen molar-refractivity contribution < 1.29 is 32.2 Å². The van der Waals surface area contributed by atoms with E-state index in [0.29, 0.717) is 19.6 Å². The van der Waals surface area contributed by atoms with Gasteiger partial charge in [0.2, 0.25) is 0 Å². The molecule has 0 aliphatic carbocycles. The molecule has 0 bridgehead atoms. The largest absolute Gasteiger partial charge is 0.444 e. The first-order chi connectivity index (χ1) is 13.9. The normalized spacial score (nSPS) is 17.6. The summed E-state index contributed by atoms with van der Waals surface area (Å²) < 4.78 is 48.1. The van der Waals surface area contributed by atoms with Gasteiger partial charge in [-0.1, -0.05) is 0 Å². The van der Waals surface area contributed by atoms with Gasteiger partial charge in [0, 0.05) is 32.2 Å². The molecule has 0 saturated carbocycles. The quantitative estimate of drug-likeness (QED) is 0.747. The number of ether oxygens (including phenoxy) is 2. The maximum Gasteiger partial charge on any atom is 0.407 e. The highest BCUT2D eigenvalue weighted by atomic mass is 19.3. The molecule has 168 valence electrons. The van der Waals surface area contributed by atoms with Crippen molar-refractivity contribution in [3.8, 4) is 5.75 Å². The van der Waals surface area contributed by atoms with Crippen LogP contribution in [0.4, 0.5) is 28.4 Å². The van der Waals surface area contributed by atoms with Crippen molar-refractivity contribution in [2.75, 3.05) is 38.5 Å². The molecule has 1 aromatic rings. The number of amides is 3. The number of urea groups is 1. The van der Waals surface area contributed by atoms with Crippen LogP contribution in [-0.2, 0) is 4.74 Å². The molecule has 1 aromatic carbocycles. The monoisotopic (exact) mass is 432 g/mol. The summed E-state index contributed by atoms with van der Waals surface area (Å²) in [5.41, 5.74) is -0.742. The number of rotatable bonds is 5. The number of nitrogens with zero attached hydrogens (tertiary/aromatic N) is 2. The summed E-state index contributed by atoms with van der Waals surface area (Å²) in [6.45, 7) is 3.59. The van der Waals surface area contributed by atoms with Crippen LogP contribution in [0.5, 0.6) is 5.75 Å². The fourth-order valence-electron chi connectivity index (χ4n) is 2.95. The van der Waals surface area contributed by atoms with Crippen molar-refractivity contribution in [3.63, 3.8) is 0 Å². The highest BCUT2D eigenvalue weighted by molar-refractivity contribution is 5.91. The number of hydrogen-bond donors (Lipinski definition) is 2. The van der Waals surface area contributed by atoms with E-state index in [-0.39, 0.29) is 12.2 Å². The zero-order chi connectivity index (χ0) is 22.5. The lowest BCUT2D eigenvalue weighted by atomic mass is 10.1. The molecule has 11 heteroatoms. The Bertz CT molecular complexity index is 758. The second-order valence-corrected chi connectivity index (χ2v) is 7.94. The Hall–Kier alpha value is -2.69. The second-order valence-electron chi connectivity index (χ2n) is 7.94. The van der Waals surface area contributed by atoms with E-state index in [4.69, 9.17) is 4.74 Å². The van der Waals surface area contributed by atoms with Gasteiger partial charge in [0.05, 0.1) is 11.7 Å². The first kappa shape index (κ1) is 23.6. The van der Waals surface area contributed by atoms with E-state index in [1.54, 1.807) is 20.8 Å². The molecule has 8 nitrogen and oxygen atoms in total. The Labute approximate surface area is 173 Å². The standard InChI is InChI=1S/C19H27F3N4O4/c1-19(2,3)30-18(28)23-10-13-11-25(4)7-8-26(13)17(27)24-14-6-5-12(20)9-15(14)29-16(21)22/h5-6,9,13,16H,7-8,10-11H2,1-4H3,(H,23,28)(H,24,27). The van der Waals surface area contributed by atoms with E-state index in [0.717, 1.165) is 18.2 Å². The lowest BCUT2D eigenvalue weighted by Crippen LogP contribution is -2.59. The molecule has 2 N–H and O–H groups in total. The van der Waals surface area contributed by atoms with Crippen LogP contribution in [0, 0.1) is 5.82 Å². The molecule has 0 spiro atoms. The predicted octanol–water partition coefficient (Wildman–Crippen LogP) is 3.10. The van der Waals surface area contributed by atoms with Crippen LogP contribution in [0.2, 0.25) is 0 Å². The van der Waals surface area contributed by atoms with Gasteiger partial charge in [0.15, 0.2) is 5.75 Å². The summed E-state index contributed by atoms with van der Waals surface area (Å²) in [5.74, 6) is -1.25. The number of nitrogens with one attached hydrogen (secondary N) is 2. The van der Waals surface area contributed by atoms with E-state index >= 15 is 0 Å². The average molecular weight is 432 g/mol. The van der Waals surface area contributed by atoms with Crippen LogP contribution in [0.3, 0.4) is 0 Å². The number of alkyl halides is 2. The highest BCUT2D eigenvalue weighted by Crippen LogP contribution is 2.27. The number of carbonyl (C=O) groups excluding carboxylic acids is 2. The molecule has 1 fully saturated rings. The van der Waals surface area contributed by atoms with E-state index in [9.17, 15) is 22.8 Å². The van der Waals surface area contributed by atoms with Gasteiger partial charge in [0.1, 0.15) is 11.4 Å². The molecule has 1 aliphatic heterocycles. The Kier molecular flexibility index (Phi) is 7.77.